The number of rotatable bonds is 5. The number of carbonyl (C=O) groups is 1. The molecule has 2 rings (SSSR count). The molecule has 0 unspecified atom stereocenters. The van der Waals surface area contributed by atoms with Crippen molar-refractivity contribution in [2.45, 2.75) is 39.0 Å². The zero-order valence-electron chi connectivity index (χ0n) is 11.5. The molecule has 0 aliphatic carbocycles. The van der Waals surface area contributed by atoms with Gasteiger partial charge in [0.15, 0.2) is 0 Å². The fourth-order valence-corrected chi connectivity index (χ4v) is 3.05. The van der Waals surface area contributed by atoms with Gasteiger partial charge in [-0.2, -0.15) is 0 Å². The summed E-state index contributed by atoms with van der Waals surface area (Å²) in [6.07, 6.45) is 6.01. The Hall–Kier alpha value is -1.01. The van der Waals surface area contributed by atoms with Gasteiger partial charge in [-0.25, -0.2) is 0 Å². The molecular weight excluding hydrogens is 260 g/mol. The first-order valence-corrected chi connectivity index (χ1v) is 7.90. The van der Waals surface area contributed by atoms with E-state index >= 15 is 0 Å². The van der Waals surface area contributed by atoms with Gasteiger partial charge in [0, 0.05) is 13.1 Å². The van der Waals surface area contributed by atoms with Crippen molar-refractivity contribution in [3.8, 4) is 0 Å². The van der Waals surface area contributed by atoms with Crippen molar-refractivity contribution in [2.24, 2.45) is 0 Å². The molecule has 2 heterocycles. The molecule has 1 fully saturated rings. The normalized spacial score (nSPS) is 17.1. The first-order valence-electron chi connectivity index (χ1n) is 7.13. The van der Waals surface area contributed by atoms with Crippen LogP contribution in [0.3, 0.4) is 0 Å². The van der Waals surface area contributed by atoms with Crippen molar-refractivity contribution in [2.75, 3.05) is 26.2 Å². The van der Waals surface area contributed by atoms with E-state index < -0.39 is 0 Å². The number of carbonyl (C=O) groups excluding carboxylic acids is 1. The second kappa shape index (κ2) is 7.55. The predicted octanol–water partition coefficient (Wildman–Crippen LogP) is 1.71. The second-order valence-corrected chi connectivity index (χ2v) is 5.67. The third kappa shape index (κ3) is 4.24. The van der Waals surface area contributed by atoms with Crippen LogP contribution in [0, 0.1) is 0 Å². The van der Waals surface area contributed by atoms with Gasteiger partial charge in [0.05, 0.1) is 5.69 Å². The van der Waals surface area contributed by atoms with E-state index in [2.05, 4.69) is 19.8 Å². The van der Waals surface area contributed by atoms with Crippen LogP contribution in [0.1, 0.15) is 48.0 Å². The molecular formula is C13H22N4OS. The number of aryl methyl sites for hydroxylation is 1. The molecule has 1 aromatic rings. The number of aromatic nitrogens is 2. The summed E-state index contributed by atoms with van der Waals surface area (Å²) in [7, 11) is 0. The highest BCUT2D eigenvalue weighted by Crippen LogP contribution is 2.11. The van der Waals surface area contributed by atoms with Crippen molar-refractivity contribution >= 4 is 17.4 Å². The monoisotopic (exact) mass is 282 g/mol. The first kappa shape index (κ1) is 14.4. The Morgan fingerprint density at radius 3 is 2.74 bits per heavy atom. The average Bonchev–Trinajstić information content (AvgIpc) is 2.76. The third-order valence-electron chi connectivity index (χ3n) is 3.51. The molecule has 0 radical (unpaired) electrons. The molecule has 106 valence electrons. The quantitative estimate of drug-likeness (QED) is 0.893. The van der Waals surface area contributed by atoms with Gasteiger partial charge in [-0.3, -0.25) is 4.79 Å². The van der Waals surface area contributed by atoms with Gasteiger partial charge in [0.25, 0.3) is 5.91 Å². The Morgan fingerprint density at radius 2 is 2.05 bits per heavy atom. The minimum atomic E-state index is -0.0262. The summed E-state index contributed by atoms with van der Waals surface area (Å²) in [5.41, 5.74) is 0.803. The molecule has 1 aliphatic rings. The maximum atomic E-state index is 12.0. The highest BCUT2D eigenvalue weighted by atomic mass is 32.1. The van der Waals surface area contributed by atoms with E-state index in [0.717, 1.165) is 31.7 Å². The molecule has 1 aromatic heterocycles. The van der Waals surface area contributed by atoms with Crippen molar-refractivity contribution < 1.29 is 4.79 Å². The summed E-state index contributed by atoms with van der Waals surface area (Å²) in [6, 6.07) is 0. The molecule has 1 aliphatic heterocycles. The van der Waals surface area contributed by atoms with Crippen LogP contribution in [0.4, 0.5) is 0 Å². The number of amides is 1. The summed E-state index contributed by atoms with van der Waals surface area (Å²) in [5.74, 6) is -0.0262. The van der Waals surface area contributed by atoms with Crippen LogP contribution in [-0.2, 0) is 6.42 Å². The van der Waals surface area contributed by atoms with E-state index in [-0.39, 0.29) is 5.91 Å². The molecule has 0 spiro atoms. The fourth-order valence-electron chi connectivity index (χ4n) is 2.38. The Bertz CT molecular complexity index is 399. The number of hydrogen-bond donors (Lipinski definition) is 1. The summed E-state index contributed by atoms with van der Waals surface area (Å²) in [6.45, 7) is 5.97. The number of nitrogens with zero attached hydrogens (tertiary/aromatic N) is 3. The van der Waals surface area contributed by atoms with E-state index in [0.29, 0.717) is 11.4 Å². The highest BCUT2D eigenvalue weighted by Gasteiger charge is 2.15. The second-order valence-electron chi connectivity index (χ2n) is 4.91. The number of likely N-dealkylation sites (tertiary alicyclic amines) is 1. The zero-order valence-corrected chi connectivity index (χ0v) is 12.3. The molecule has 19 heavy (non-hydrogen) atoms. The van der Waals surface area contributed by atoms with Gasteiger partial charge < -0.3 is 10.2 Å². The Morgan fingerprint density at radius 1 is 1.32 bits per heavy atom. The van der Waals surface area contributed by atoms with Crippen LogP contribution < -0.4 is 5.32 Å². The van der Waals surface area contributed by atoms with Crippen LogP contribution in [-0.4, -0.2) is 46.6 Å². The van der Waals surface area contributed by atoms with E-state index in [1.165, 1.54) is 37.2 Å². The summed E-state index contributed by atoms with van der Waals surface area (Å²) < 4.78 is 3.84. The lowest BCUT2D eigenvalue weighted by Crippen LogP contribution is -2.35. The van der Waals surface area contributed by atoms with Gasteiger partial charge in [0.2, 0.25) is 0 Å². The van der Waals surface area contributed by atoms with Crippen LogP contribution in [0.2, 0.25) is 0 Å². The Labute approximate surface area is 118 Å². The standard InChI is InChI=1S/C13H22N4OS/c1-2-11-12(19-16-15-11)13(18)14-7-10-17-8-5-3-4-6-9-17/h2-10H2,1H3,(H,14,18). The summed E-state index contributed by atoms with van der Waals surface area (Å²) in [4.78, 5) is 15.1. The Kier molecular flexibility index (Phi) is 5.72. The Balaban J connectivity index is 1.74. The molecule has 5 nitrogen and oxygen atoms in total. The lowest BCUT2D eigenvalue weighted by Gasteiger charge is -2.19. The fraction of sp³-hybridized carbons (Fsp3) is 0.769. The molecule has 0 atom stereocenters. The van der Waals surface area contributed by atoms with Crippen LogP contribution in [0.15, 0.2) is 0 Å². The molecule has 0 saturated carbocycles. The topological polar surface area (TPSA) is 58.1 Å². The number of nitrogens with one attached hydrogen (secondary N) is 1. The molecule has 1 N–H and O–H groups in total. The summed E-state index contributed by atoms with van der Waals surface area (Å²) >= 11 is 1.18. The van der Waals surface area contributed by atoms with Crippen LogP contribution >= 0.6 is 11.5 Å². The molecule has 0 aromatic carbocycles. The van der Waals surface area contributed by atoms with Crippen molar-refractivity contribution in [1.82, 2.24) is 19.8 Å². The SMILES string of the molecule is CCc1nnsc1C(=O)NCCN1CCCCCC1. The summed E-state index contributed by atoms with van der Waals surface area (Å²) in [5, 5.41) is 6.94. The lowest BCUT2D eigenvalue weighted by molar-refractivity contribution is 0.0951. The van der Waals surface area contributed by atoms with Crippen LogP contribution in [0.25, 0.3) is 0 Å². The zero-order chi connectivity index (χ0) is 13.5. The van der Waals surface area contributed by atoms with E-state index in [9.17, 15) is 4.79 Å². The molecule has 6 heteroatoms. The first-order chi connectivity index (χ1) is 9.31. The van der Waals surface area contributed by atoms with Gasteiger partial charge in [-0.05, 0) is 43.9 Å². The smallest absolute Gasteiger partial charge is 0.264 e. The highest BCUT2D eigenvalue weighted by molar-refractivity contribution is 7.08. The third-order valence-corrected chi connectivity index (χ3v) is 4.28. The lowest BCUT2D eigenvalue weighted by atomic mass is 10.2. The van der Waals surface area contributed by atoms with Crippen LogP contribution in [0.5, 0.6) is 0 Å². The van der Waals surface area contributed by atoms with Crippen molar-refractivity contribution in [3.05, 3.63) is 10.6 Å². The largest absolute Gasteiger partial charge is 0.350 e. The molecule has 1 amide bonds. The van der Waals surface area contributed by atoms with E-state index in [1.807, 2.05) is 6.92 Å². The van der Waals surface area contributed by atoms with Gasteiger partial charge in [-0.1, -0.05) is 24.3 Å². The van der Waals surface area contributed by atoms with Gasteiger partial charge >= 0.3 is 0 Å². The van der Waals surface area contributed by atoms with Gasteiger partial charge in [-0.15, -0.1) is 5.10 Å². The minimum absolute atomic E-state index is 0.0262. The van der Waals surface area contributed by atoms with E-state index in [1.54, 1.807) is 0 Å². The molecule has 0 bridgehead atoms. The van der Waals surface area contributed by atoms with Crippen molar-refractivity contribution in [1.29, 1.82) is 0 Å². The minimum Gasteiger partial charge on any atom is -0.350 e. The number of hydrogen-bond acceptors (Lipinski definition) is 5. The average molecular weight is 282 g/mol. The van der Waals surface area contributed by atoms with Gasteiger partial charge in [0.1, 0.15) is 4.88 Å². The maximum Gasteiger partial charge on any atom is 0.264 e. The van der Waals surface area contributed by atoms with E-state index in [4.69, 9.17) is 0 Å². The van der Waals surface area contributed by atoms with Crippen molar-refractivity contribution in [3.63, 3.8) is 0 Å². The predicted molar refractivity (Wildman–Crippen MR) is 76.5 cm³/mol. The maximum absolute atomic E-state index is 12.0. The molecule has 1 saturated heterocycles.